The molecule has 0 fully saturated rings. The second-order valence-electron chi connectivity index (χ2n) is 8.62. The molecule has 33 heavy (non-hydrogen) atoms. The summed E-state index contributed by atoms with van der Waals surface area (Å²) in [5.74, 6) is 1.69. The average molecular weight is 448 g/mol. The lowest BCUT2D eigenvalue weighted by Gasteiger charge is -2.43. The van der Waals surface area contributed by atoms with Crippen molar-refractivity contribution in [2.75, 3.05) is 14.2 Å². The van der Waals surface area contributed by atoms with E-state index in [2.05, 4.69) is 67.3 Å². The van der Waals surface area contributed by atoms with E-state index in [9.17, 15) is 5.11 Å². The Kier molecular flexibility index (Phi) is 8.93. The summed E-state index contributed by atoms with van der Waals surface area (Å²) in [7, 11) is 3.37. The third-order valence-corrected chi connectivity index (χ3v) is 6.65. The Balaban J connectivity index is 1.98. The predicted molar refractivity (Wildman–Crippen MR) is 135 cm³/mol. The van der Waals surface area contributed by atoms with E-state index in [1.807, 2.05) is 30.3 Å². The second-order valence-corrected chi connectivity index (χ2v) is 8.62. The molecule has 4 nitrogen and oxygen atoms in total. The van der Waals surface area contributed by atoms with Crippen molar-refractivity contribution < 1.29 is 14.6 Å². The number of ether oxygens (including phenoxy) is 2. The number of nitrogens with zero attached hydrogens (tertiary/aromatic N) is 1. The SMILES string of the molecule is CCC(O)(CC)[C@@H](Cc1ccccc1)N(Cc1ccc(OC)cc1)Cc1ccc(OC)cc1. The molecule has 0 bridgehead atoms. The zero-order valence-electron chi connectivity index (χ0n) is 20.3. The summed E-state index contributed by atoms with van der Waals surface area (Å²) in [6.07, 6.45) is 2.18. The average Bonchev–Trinajstić information content (AvgIpc) is 2.88. The molecular weight excluding hydrogens is 410 g/mol. The molecule has 0 heterocycles. The predicted octanol–water partition coefficient (Wildman–Crippen LogP) is 5.87. The molecule has 0 saturated heterocycles. The van der Waals surface area contributed by atoms with Crippen LogP contribution in [0.2, 0.25) is 0 Å². The van der Waals surface area contributed by atoms with Crippen molar-refractivity contribution in [3.05, 3.63) is 95.6 Å². The van der Waals surface area contributed by atoms with Gasteiger partial charge in [0.25, 0.3) is 0 Å². The lowest BCUT2D eigenvalue weighted by molar-refractivity contribution is -0.0598. The fourth-order valence-corrected chi connectivity index (χ4v) is 4.42. The summed E-state index contributed by atoms with van der Waals surface area (Å²) in [5, 5.41) is 11.8. The Morgan fingerprint density at radius 2 is 1.15 bits per heavy atom. The highest BCUT2D eigenvalue weighted by atomic mass is 16.5. The summed E-state index contributed by atoms with van der Waals surface area (Å²) < 4.78 is 10.7. The van der Waals surface area contributed by atoms with Gasteiger partial charge in [-0.25, -0.2) is 0 Å². The van der Waals surface area contributed by atoms with E-state index in [-0.39, 0.29) is 6.04 Å². The first kappa shape index (κ1) is 24.8. The zero-order chi connectivity index (χ0) is 23.7. The maximum atomic E-state index is 11.8. The number of methoxy groups -OCH3 is 2. The first-order chi connectivity index (χ1) is 16.0. The van der Waals surface area contributed by atoms with Crippen molar-refractivity contribution in [2.45, 2.75) is 57.8 Å². The van der Waals surface area contributed by atoms with E-state index in [0.29, 0.717) is 12.8 Å². The second kappa shape index (κ2) is 11.9. The summed E-state index contributed by atoms with van der Waals surface area (Å²) in [6.45, 7) is 5.63. The van der Waals surface area contributed by atoms with Crippen LogP contribution in [0.5, 0.6) is 11.5 Å². The van der Waals surface area contributed by atoms with Gasteiger partial charge in [-0.1, -0.05) is 68.4 Å². The van der Waals surface area contributed by atoms with Gasteiger partial charge < -0.3 is 14.6 Å². The van der Waals surface area contributed by atoms with Crippen LogP contribution in [-0.4, -0.2) is 35.9 Å². The fraction of sp³-hybridized carbons (Fsp3) is 0.379. The zero-order valence-corrected chi connectivity index (χ0v) is 20.3. The Hall–Kier alpha value is -2.82. The summed E-state index contributed by atoms with van der Waals surface area (Å²) in [6, 6.07) is 26.9. The molecule has 4 heteroatoms. The third kappa shape index (κ3) is 6.59. The molecule has 0 aliphatic rings. The minimum Gasteiger partial charge on any atom is -0.497 e. The van der Waals surface area contributed by atoms with E-state index in [0.717, 1.165) is 31.0 Å². The number of rotatable bonds is 12. The van der Waals surface area contributed by atoms with Gasteiger partial charge in [0.2, 0.25) is 0 Å². The topological polar surface area (TPSA) is 41.9 Å². The molecule has 0 unspecified atom stereocenters. The van der Waals surface area contributed by atoms with Gasteiger partial charge >= 0.3 is 0 Å². The van der Waals surface area contributed by atoms with Crippen LogP contribution in [0, 0.1) is 0 Å². The van der Waals surface area contributed by atoms with Crippen LogP contribution in [0.15, 0.2) is 78.9 Å². The van der Waals surface area contributed by atoms with Crippen molar-refractivity contribution in [3.63, 3.8) is 0 Å². The summed E-state index contributed by atoms with van der Waals surface area (Å²) in [4.78, 5) is 2.42. The molecule has 0 spiro atoms. The van der Waals surface area contributed by atoms with Crippen LogP contribution in [0.1, 0.15) is 43.4 Å². The highest BCUT2D eigenvalue weighted by Crippen LogP contribution is 2.30. The summed E-state index contributed by atoms with van der Waals surface area (Å²) in [5.41, 5.74) is 2.82. The smallest absolute Gasteiger partial charge is 0.118 e. The molecule has 3 aromatic rings. The first-order valence-corrected chi connectivity index (χ1v) is 11.8. The highest BCUT2D eigenvalue weighted by Gasteiger charge is 2.37. The van der Waals surface area contributed by atoms with Crippen molar-refractivity contribution in [3.8, 4) is 11.5 Å². The normalized spacial score (nSPS) is 12.5. The number of aliphatic hydroxyl groups is 1. The van der Waals surface area contributed by atoms with Gasteiger partial charge in [-0.3, -0.25) is 4.90 Å². The number of hydrogen-bond donors (Lipinski definition) is 1. The van der Waals surface area contributed by atoms with Crippen LogP contribution in [0.3, 0.4) is 0 Å². The highest BCUT2D eigenvalue weighted by molar-refractivity contribution is 5.29. The first-order valence-electron chi connectivity index (χ1n) is 11.8. The Labute approximate surface area is 198 Å². The van der Waals surface area contributed by atoms with E-state index >= 15 is 0 Å². The minimum absolute atomic E-state index is 0.0425. The van der Waals surface area contributed by atoms with Gasteiger partial charge in [-0.05, 0) is 60.2 Å². The molecule has 0 radical (unpaired) electrons. The van der Waals surface area contributed by atoms with Crippen molar-refractivity contribution in [2.24, 2.45) is 0 Å². The van der Waals surface area contributed by atoms with Crippen LogP contribution in [0.4, 0.5) is 0 Å². The third-order valence-electron chi connectivity index (χ3n) is 6.65. The molecule has 176 valence electrons. The van der Waals surface area contributed by atoms with Gasteiger partial charge in [0, 0.05) is 19.1 Å². The van der Waals surface area contributed by atoms with Gasteiger partial charge in [-0.15, -0.1) is 0 Å². The number of benzene rings is 3. The summed E-state index contributed by atoms with van der Waals surface area (Å²) >= 11 is 0. The van der Waals surface area contributed by atoms with E-state index in [1.165, 1.54) is 16.7 Å². The van der Waals surface area contributed by atoms with Crippen LogP contribution in [0.25, 0.3) is 0 Å². The Bertz CT molecular complexity index is 901. The molecule has 3 aromatic carbocycles. The van der Waals surface area contributed by atoms with Crippen LogP contribution >= 0.6 is 0 Å². The number of hydrogen-bond acceptors (Lipinski definition) is 4. The van der Waals surface area contributed by atoms with Gasteiger partial charge in [0.15, 0.2) is 0 Å². The van der Waals surface area contributed by atoms with Crippen molar-refractivity contribution >= 4 is 0 Å². The van der Waals surface area contributed by atoms with E-state index < -0.39 is 5.60 Å². The largest absolute Gasteiger partial charge is 0.497 e. The molecule has 0 amide bonds. The molecule has 1 atom stereocenters. The standard InChI is InChI=1S/C29H37NO3/c1-5-29(31,6-2)28(20-23-10-8-7-9-11-23)30(21-24-12-16-26(32-3)17-13-24)22-25-14-18-27(33-4)19-15-25/h7-19,28,31H,5-6,20-22H2,1-4H3/t28-/m1/s1. The van der Waals surface area contributed by atoms with Gasteiger partial charge in [0.05, 0.1) is 19.8 Å². The minimum atomic E-state index is -0.797. The van der Waals surface area contributed by atoms with E-state index in [4.69, 9.17) is 9.47 Å². The van der Waals surface area contributed by atoms with Gasteiger partial charge in [0.1, 0.15) is 11.5 Å². The molecule has 0 aromatic heterocycles. The van der Waals surface area contributed by atoms with Crippen molar-refractivity contribution in [1.29, 1.82) is 0 Å². The molecule has 1 N–H and O–H groups in total. The Morgan fingerprint density at radius 3 is 1.55 bits per heavy atom. The maximum absolute atomic E-state index is 11.8. The lowest BCUT2D eigenvalue weighted by atomic mass is 9.83. The fourth-order valence-electron chi connectivity index (χ4n) is 4.42. The van der Waals surface area contributed by atoms with Crippen molar-refractivity contribution in [1.82, 2.24) is 4.90 Å². The van der Waals surface area contributed by atoms with Gasteiger partial charge in [-0.2, -0.15) is 0 Å². The Morgan fingerprint density at radius 1 is 0.697 bits per heavy atom. The molecule has 0 saturated carbocycles. The van der Waals surface area contributed by atoms with Crippen LogP contribution in [-0.2, 0) is 19.5 Å². The van der Waals surface area contributed by atoms with Crippen LogP contribution < -0.4 is 9.47 Å². The monoisotopic (exact) mass is 447 g/mol. The molecule has 0 aliphatic carbocycles. The maximum Gasteiger partial charge on any atom is 0.118 e. The molecule has 3 rings (SSSR count). The molecular formula is C29H37NO3. The lowest BCUT2D eigenvalue weighted by Crippen LogP contribution is -2.53. The molecule has 0 aliphatic heterocycles. The van der Waals surface area contributed by atoms with E-state index in [1.54, 1.807) is 14.2 Å². The quantitative estimate of drug-likeness (QED) is 0.377.